The second-order valence-electron chi connectivity index (χ2n) is 5.63. The normalized spacial score (nSPS) is 30.0. The van der Waals surface area contributed by atoms with Gasteiger partial charge in [0.1, 0.15) is 0 Å². The van der Waals surface area contributed by atoms with Gasteiger partial charge in [-0.15, -0.1) is 0 Å². The largest absolute Gasteiger partial charge is 0.375 e. The molecule has 94 valence electrons. The number of ether oxygens (including phenoxy) is 1. The van der Waals surface area contributed by atoms with Crippen LogP contribution in [0.5, 0.6) is 0 Å². The van der Waals surface area contributed by atoms with Gasteiger partial charge in [0.15, 0.2) is 0 Å². The molecule has 1 saturated heterocycles. The molecule has 1 saturated carbocycles. The predicted octanol–water partition coefficient (Wildman–Crippen LogP) is 3.11. The van der Waals surface area contributed by atoms with Gasteiger partial charge >= 0.3 is 0 Å². The molecule has 16 heavy (non-hydrogen) atoms. The van der Waals surface area contributed by atoms with Gasteiger partial charge in [0.25, 0.3) is 0 Å². The minimum Gasteiger partial charge on any atom is -0.375 e. The SMILES string of the molecule is CCC1(CC)CC(NCC2CCC2)CCO1. The number of hydrogen-bond donors (Lipinski definition) is 1. The van der Waals surface area contributed by atoms with Crippen LogP contribution in [-0.2, 0) is 4.74 Å². The summed E-state index contributed by atoms with van der Waals surface area (Å²) in [6.07, 6.45) is 9.08. The molecule has 1 aliphatic carbocycles. The Kier molecular flexibility index (Phi) is 4.26. The third-order valence-electron chi connectivity index (χ3n) is 4.70. The predicted molar refractivity (Wildman–Crippen MR) is 67.6 cm³/mol. The van der Waals surface area contributed by atoms with Crippen molar-refractivity contribution in [3.63, 3.8) is 0 Å². The third-order valence-corrected chi connectivity index (χ3v) is 4.70. The first-order valence-corrected chi connectivity index (χ1v) is 7.15. The molecule has 2 rings (SSSR count). The van der Waals surface area contributed by atoms with Gasteiger partial charge in [0.2, 0.25) is 0 Å². The number of rotatable bonds is 5. The molecule has 2 aliphatic rings. The molecular formula is C14H27NO. The van der Waals surface area contributed by atoms with Crippen LogP contribution < -0.4 is 5.32 Å². The van der Waals surface area contributed by atoms with Crippen molar-refractivity contribution in [1.29, 1.82) is 0 Å². The van der Waals surface area contributed by atoms with E-state index in [-0.39, 0.29) is 5.60 Å². The van der Waals surface area contributed by atoms with Crippen LogP contribution in [-0.4, -0.2) is 24.8 Å². The Morgan fingerprint density at radius 1 is 1.19 bits per heavy atom. The second kappa shape index (κ2) is 5.50. The Morgan fingerprint density at radius 3 is 2.50 bits per heavy atom. The molecule has 1 heterocycles. The van der Waals surface area contributed by atoms with E-state index in [4.69, 9.17) is 4.74 Å². The Balaban J connectivity index is 1.76. The van der Waals surface area contributed by atoms with Gasteiger partial charge in [0, 0.05) is 12.6 Å². The van der Waals surface area contributed by atoms with Crippen LogP contribution in [0.1, 0.15) is 58.8 Å². The Morgan fingerprint density at radius 2 is 1.94 bits per heavy atom. The van der Waals surface area contributed by atoms with E-state index in [2.05, 4.69) is 19.2 Å². The summed E-state index contributed by atoms with van der Waals surface area (Å²) in [5.74, 6) is 0.973. The molecule has 0 aromatic carbocycles. The summed E-state index contributed by atoms with van der Waals surface area (Å²) in [5.41, 5.74) is 0.176. The summed E-state index contributed by atoms with van der Waals surface area (Å²) in [5, 5.41) is 3.77. The Hall–Kier alpha value is -0.0800. The quantitative estimate of drug-likeness (QED) is 0.776. The number of nitrogens with one attached hydrogen (secondary N) is 1. The van der Waals surface area contributed by atoms with Crippen molar-refractivity contribution in [3.8, 4) is 0 Å². The Labute approximate surface area is 100 Å². The first-order chi connectivity index (χ1) is 7.78. The zero-order valence-corrected chi connectivity index (χ0v) is 10.9. The molecule has 2 heteroatoms. The van der Waals surface area contributed by atoms with Gasteiger partial charge in [-0.3, -0.25) is 0 Å². The number of hydrogen-bond acceptors (Lipinski definition) is 2. The first-order valence-electron chi connectivity index (χ1n) is 7.15. The van der Waals surface area contributed by atoms with E-state index < -0.39 is 0 Å². The molecule has 2 nitrogen and oxygen atoms in total. The lowest BCUT2D eigenvalue weighted by atomic mass is 9.83. The smallest absolute Gasteiger partial charge is 0.0692 e. The fourth-order valence-corrected chi connectivity index (χ4v) is 2.98. The van der Waals surface area contributed by atoms with Crippen molar-refractivity contribution < 1.29 is 4.74 Å². The molecule has 1 aliphatic heterocycles. The van der Waals surface area contributed by atoms with Crippen molar-refractivity contribution in [2.75, 3.05) is 13.2 Å². The monoisotopic (exact) mass is 225 g/mol. The molecule has 1 unspecified atom stereocenters. The average molecular weight is 225 g/mol. The lowest BCUT2D eigenvalue weighted by molar-refractivity contribution is -0.0935. The highest BCUT2D eigenvalue weighted by Crippen LogP contribution is 2.32. The van der Waals surface area contributed by atoms with E-state index >= 15 is 0 Å². The molecule has 0 spiro atoms. The summed E-state index contributed by atoms with van der Waals surface area (Å²) in [4.78, 5) is 0. The molecular weight excluding hydrogens is 198 g/mol. The summed E-state index contributed by atoms with van der Waals surface area (Å²) in [7, 11) is 0. The summed E-state index contributed by atoms with van der Waals surface area (Å²) >= 11 is 0. The van der Waals surface area contributed by atoms with Crippen molar-refractivity contribution in [3.05, 3.63) is 0 Å². The molecule has 2 fully saturated rings. The topological polar surface area (TPSA) is 21.3 Å². The molecule has 0 radical (unpaired) electrons. The van der Waals surface area contributed by atoms with Crippen LogP contribution in [0.2, 0.25) is 0 Å². The molecule has 1 atom stereocenters. The highest BCUT2D eigenvalue weighted by molar-refractivity contribution is 4.88. The van der Waals surface area contributed by atoms with Gasteiger partial charge in [-0.2, -0.15) is 0 Å². The van der Waals surface area contributed by atoms with Crippen LogP contribution in [0, 0.1) is 5.92 Å². The van der Waals surface area contributed by atoms with Crippen LogP contribution in [0.4, 0.5) is 0 Å². The first kappa shape index (κ1) is 12.4. The van der Waals surface area contributed by atoms with Crippen LogP contribution in [0.15, 0.2) is 0 Å². The van der Waals surface area contributed by atoms with Crippen molar-refractivity contribution >= 4 is 0 Å². The van der Waals surface area contributed by atoms with Gasteiger partial charge in [-0.05, 0) is 51.0 Å². The zero-order valence-electron chi connectivity index (χ0n) is 10.9. The lowest BCUT2D eigenvalue weighted by Crippen LogP contribution is -2.47. The van der Waals surface area contributed by atoms with Gasteiger partial charge in [-0.1, -0.05) is 20.3 Å². The molecule has 1 N–H and O–H groups in total. The molecule has 0 amide bonds. The van der Waals surface area contributed by atoms with Crippen molar-refractivity contribution in [2.24, 2.45) is 5.92 Å². The van der Waals surface area contributed by atoms with E-state index in [1.54, 1.807) is 0 Å². The van der Waals surface area contributed by atoms with E-state index in [0.29, 0.717) is 6.04 Å². The van der Waals surface area contributed by atoms with E-state index in [1.807, 2.05) is 0 Å². The lowest BCUT2D eigenvalue weighted by Gasteiger charge is -2.41. The van der Waals surface area contributed by atoms with Crippen LogP contribution >= 0.6 is 0 Å². The minimum atomic E-state index is 0.176. The maximum atomic E-state index is 6.00. The fourth-order valence-electron chi connectivity index (χ4n) is 2.98. The van der Waals surface area contributed by atoms with Gasteiger partial charge in [-0.25, -0.2) is 0 Å². The molecule has 0 aromatic rings. The highest BCUT2D eigenvalue weighted by Gasteiger charge is 2.34. The van der Waals surface area contributed by atoms with E-state index in [1.165, 1.54) is 38.6 Å². The second-order valence-corrected chi connectivity index (χ2v) is 5.63. The summed E-state index contributed by atoms with van der Waals surface area (Å²) < 4.78 is 6.00. The highest BCUT2D eigenvalue weighted by atomic mass is 16.5. The summed E-state index contributed by atoms with van der Waals surface area (Å²) in [6, 6.07) is 0.703. The van der Waals surface area contributed by atoms with Crippen LogP contribution in [0.3, 0.4) is 0 Å². The standard InChI is InChI=1S/C14H27NO/c1-3-14(4-2)10-13(8-9-16-14)15-11-12-6-5-7-12/h12-13,15H,3-11H2,1-2H3. The third kappa shape index (κ3) is 2.78. The minimum absolute atomic E-state index is 0.176. The maximum absolute atomic E-state index is 6.00. The average Bonchev–Trinajstić information content (AvgIpc) is 2.27. The molecule has 0 bridgehead atoms. The maximum Gasteiger partial charge on any atom is 0.0692 e. The van der Waals surface area contributed by atoms with Crippen LogP contribution in [0.25, 0.3) is 0 Å². The van der Waals surface area contributed by atoms with Crippen molar-refractivity contribution in [2.45, 2.75) is 70.4 Å². The molecule has 0 aromatic heterocycles. The zero-order chi connectivity index (χ0) is 11.4. The van der Waals surface area contributed by atoms with Gasteiger partial charge < -0.3 is 10.1 Å². The van der Waals surface area contributed by atoms with E-state index in [9.17, 15) is 0 Å². The van der Waals surface area contributed by atoms with Crippen molar-refractivity contribution in [1.82, 2.24) is 5.32 Å². The fraction of sp³-hybridized carbons (Fsp3) is 1.00. The van der Waals surface area contributed by atoms with E-state index in [0.717, 1.165) is 25.4 Å². The summed E-state index contributed by atoms with van der Waals surface area (Å²) in [6.45, 7) is 6.72. The van der Waals surface area contributed by atoms with Gasteiger partial charge in [0.05, 0.1) is 5.60 Å². The Bertz CT molecular complexity index is 209.